The summed E-state index contributed by atoms with van der Waals surface area (Å²) in [7, 11) is 0. The molecule has 0 aliphatic rings. The lowest BCUT2D eigenvalue weighted by molar-refractivity contribution is 0.670. The average Bonchev–Trinajstić information content (AvgIpc) is 3.64. The molecule has 0 saturated carbocycles. The van der Waals surface area contributed by atoms with Gasteiger partial charge in [-0.1, -0.05) is 164 Å². The van der Waals surface area contributed by atoms with Crippen molar-refractivity contribution < 1.29 is 4.42 Å². The van der Waals surface area contributed by atoms with Gasteiger partial charge in [-0.3, -0.25) is 0 Å². The van der Waals surface area contributed by atoms with Crippen LogP contribution in [0, 0.1) is 0 Å². The van der Waals surface area contributed by atoms with Crippen molar-refractivity contribution >= 4 is 65.3 Å². The first-order valence-corrected chi connectivity index (χ1v) is 18.0. The van der Waals surface area contributed by atoms with Gasteiger partial charge in [-0.25, -0.2) is 9.97 Å². The van der Waals surface area contributed by atoms with Gasteiger partial charge in [-0.05, 0) is 56.4 Å². The van der Waals surface area contributed by atoms with E-state index in [0.29, 0.717) is 0 Å². The minimum atomic E-state index is 0.842. The molecule has 11 rings (SSSR count). The Hall–Kier alpha value is -7.10. The van der Waals surface area contributed by atoms with E-state index in [9.17, 15) is 0 Å². The van der Waals surface area contributed by atoms with Gasteiger partial charge < -0.3 is 4.42 Å². The van der Waals surface area contributed by atoms with Crippen molar-refractivity contribution in [3.8, 4) is 44.8 Å². The fourth-order valence-corrected chi connectivity index (χ4v) is 8.14. The molecule has 0 fully saturated rings. The summed E-state index contributed by atoms with van der Waals surface area (Å²) in [6.45, 7) is 0. The molecule has 2 aromatic heterocycles. The highest BCUT2D eigenvalue weighted by molar-refractivity contribution is 6.24. The molecule has 53 heavy (non-hydrogen) atoms. The van der Waals surface area contributed by atoms with Crippen molar-refractivity contribution in [3.05, 3.63) is 182 Å². The molecule has 0 aliphatic heterocycles. The maximum absolute atomic E-state index is 6.65. The predicted octanol–water partition coefficient (Wildman–Crippen LogP) is 13.7. The molecule has 2 heterocycles. The van der Waals surface area contributed by atoms with E-state index in [4.69, 9.17) is 14.4 Å². The van der Waals surface area contributed by atoms with Crippen LogP contribution in [-0.4, -0.2) is 9.97 Å². The first-order valence-electron chi connectivity index (χ1n) is 18.0. The van der Waals surface area contributed by atoms with Crippen molar-refractivity contribution in [1.29, 1.82) is 0 Å². The lowest BCUT2D eigenvalue weighted by Gasteiger charge is -2.15. The van der Waals surface area contributed by atoms with Gasteiger partial charge >= 0.3 is 0 Å². The van der Waals surface area contributed by atoms with Gasteiger partial charge in [0.25, 0.3) is 0 Å². The van der Waals surface area contributed by atoms with Crippen LogP contribution in [0.3, 0.4) is 0 Å². The maximum Gasteiger partial charge on any atom is 0.143 e. The standard InChI is InChI=1S/C50H30N2O/c1-2-13-31(14-3-1)32-25-27-33(28-26-32)46-47(52-49-41-22-9-7-20-39(41)38-19-6-8-21-40(38)48(49)51-46)36-17-12-16-34(29-36)43-30-35-15-4-5-18-37(35)45-42-23-10-11-24-44(42)53-50(43)45/h1-30H. The van der Waals surface area contributed by atoms with Gasteiger partial charge in [0.05, 0.1) is 22.4 Å². The number of aromatic nitrogens is 2. The molecular formula is C50H30N2O. The van der Waals surface area contributed by atoms with Crippen LogP contribution in [0.2, 0.25) is 0 Å². The maximum atomic E-state index is 6.65. The molecule has 11 aromatic rings. The number of nitrogens with zero attached hydrogens (tertiary/aromatic N) is 2. The number of furan rings is 1. The Bertz CT molecular complexity index is 3210. The third kappa shape index (κ3) is 4.68. The molecular weight excluding hydrogens is 645 g/mol. The summed E-state index contributed by atoms with van der Waals surface area (Å²) in [4.78, 5) is 11.1. The summed E-state index contributed by atoms with van der Waals surface area (Å²) in [6.07, 6.45) is 0. The van der Waals surface area contributed by atoms with Gasteiger partial charge in [0.15, 0.2) is 0 Å². The zero-order valence-corrected chi connectivity index (χ0v) is 28.6. The Kier molecular flexibility index (Phi) is 6.55. The molecule has 0 radical (unpaired) electrons. The second-order valence-corrected chi connectivity index (χ2v) is 13.7. The van der Waals surface area contributed by atoms with Gasteiger partial charge in [-0.2, -0.15) is 0 Å². The monoisotopic (exact) mass is 674 g/mol. The van der Waals surface area contributed by atoms with E-state index in [1.165, 1.54) is 27.1 Å². The average molecular weight is 675 g/mol. The van der Waals surface area contributed by atoms with Crippen LogP contribution in [0.15, 0.2) is 186 Å². The first kappa shape index (κ1) is 29.6. The summed E-state index contributed by atoms with van der Waals surface area (Å²) in [6, 6.07) is 64.2. The zero-order chi connectivity index (χ0) is 34.9. The Morgan fingerprint density at radius 1 is 0.340 bits per heavy atom. The molecule has 0 spiro atoms. The van der Waals surface area contributed by atoms with Crippen LogP contribution in [-0.2, 0) is 0 Å². The summed E-state index contributed by atoms with van der Waals surface area (Å²) in [5.41, 5.74) is 11.7. The molecule has 0 N–H and O–H groups in total. The second kappa shape index (κ2) is 11.7. The fraction of sp³-hybridized carbons (Fsp3) is 0. The highest BCUT2D eigenvalue weighted by Gasteiger charge is 2.20. The number of benzene rings is 9. The number of hydrogen-bond donors (Lipinski definition) is 0. The van der Waals surface area contributed by atoms with Crippen LogP contribution in [0.4, 0.5) is 0 Å². The Morgan fingerprint density at radius 2 is 0.849 bits per heavy atom. The Labute approximate surface area is 305 Å². The molecule has 3 nitrogen and oxygen atoms in total. The molecule has 0 aliphatic carbocycles. The lowest BCUT2D eigenvalue weighted by atomic mass is 9.94. The Morgan fingerprint density at radius 3 is 1.57 bits per heavy atom. The van der Waals surface area contributed by atoms with Gasteiger partial charge in [0, 0.05) is 38.2 Å². The number of fused-ring (bicyclic) bond motifs is 11. The minimum Gasteiger partial charge on any atom is -0.455 e. The summed E-state index contributed by atoms with van der Waals surface area (Å²) in [5.74, 6) is 0. The largest absolute Gasteiger partial charge is 0.455 e. The van der Waals surface area contributed by atoms with Crippen molar-refractivity contribution in [2.24, 2.45) is 0 Å². The molecule has 0 atom stereocenters. The number of para-hydroxylation sites is 1. The van der Waals surface area contributed by atoms with E-state index in [1.54, 1.807) is 0 Å². The topological polar surface area (TPSA) is 38.9 Å². The van der Waals surface area contributed by atoms with Crippen molar-refractivity contribution in [2.45, 2.75) is 0 Å². The predicted molar refractivity (Wildman–Crippen MR) is 221 cm³/mol. The molecule has 0 saturated heterocycles. The van der Waals surface area contributed by atoms with E-state index in [0.717, 1.165) is 82.9 Å². The smallest absolute Gasteiger partial charge is 0.143 e. The molecule has 246 valence electrons. The van der Waals surface area contributed by atoms with Crippen molar-refractivity contribution in [1.82, 2.24) is 9.97 Å². The molecule has 0 bridgehead atoms. The number of hydrogen-bond acceptors (Lipinski definition) is 3. The highest BCUT2D eigenvalue weighted by atomic mass is 16.3. The van der Waals surface area contributed by atoms with E-state index >= 15 is 0 Å². The van der Waals surface area contributed by atoms with Crippen LogP contribution in [0.1, 0.15) is 0 Å². The summed E-state index contributed by atoms with van der Waals surface area (Å²) < 4.78 is 6.65. The third-order valence-corrected chi connectivity index (χ3v) is 10.6. The quantitative estimate of drug-likeness (QED) is 0.174. The van der Waals surface area contributed by atoms with E-state index in [-0.39, 0.29) is 0 Å². The van der Waals surface area contributed by atoms with Gasteiger partial charge in [-0.15, -0.1) is 0 Å². The number of rotatable bonds is 4. The minimum absolute atomic E-state index is 0.842. The third-order valence-electron chi connectivity index (χ3n) is 10.6. The van der Waals surface area contributed by atoms with Crippen LogP contribution < -0.4 is 0 Å². The Balaban J connectivity index is 1.18. The van der Waals surface area contributed by atoms with E-state index < -0.39 is 0 Å². The summed E-state index contributed by atoms with van der Waals surface area (Å²) in [5, 5.41) is 9.17. The second-order valence-electron chi connectivity index (χ2n) is 13.7. The fourth-order valence-electron chi connectivity index (χ4n) is 8.14. The van der Waals surface area contributed by atoms with Crippen LogP contribution >= 0.6 is 0 Å². The van der Waals surface area contributed by atoms with E-state index in [1.807, 2.05) is 12.1 Å². The molecule has 3 heteroatoms. The first-order chi connectivity index (χ1) is 26.3. The van der Waals surface area contributed by atoms with Crippen LogP contribution in [0.5, 0.6) is 0 Å². The normalized spacial score (nSPS) is 11.8. The van der Waals surface area contributed by atoms with Crippen LogP contribution in [0.25, 0.3) is 110 Å². The molecule has 0 unspecified atom stereocenters. The van der Waals surface area contributed by atoms with E-state index in [2.05, 4.69) is 170 Å². The SMILES string of the molecule is c1ccc(-c2ccc(-c3nc4c5ccccc5c5ccccc5c4nc3-c3cccc(-c4cc5ccccc5c5c4oc4ccccc45)c3)cc2)cc1. The molecule has 9 aromatic carbocycles. The van der Waals surface area contributed by atoms with Gasteiger partial charge in [0.2, 0.25) is 0 Å². The van der Waals surface area contributed by atoms with Crippen molar-refractivity contribution in [2.75, 3.05) is 0 Å². The zero-order valence-electron chi connectivity index (χ0n) is 28.6. The highest BCUT2D eigenvalue weighted by Crippen LogP contribution is 2.43. The lowest BCUT2D eigenvalue weighted by Crippen LogP contribution is -1.98. The summed E-state index contributed by atoms with van der Waals surface area (Å²) >= 11 is 0. The van der Waals surface area contributed by atoms with Gasteiger partial charge in [0.1, 0.15) is 11.2 Å². The van der Waals surface area contributed by atoms with Crippen molar-refractivity contribution in [3.63, 3.8) is 0 Å². The molecule has 0 amide bonds.